The summed E-state index contributed by atoms with van der Waals surface area (Å²) in [5.41, 5.74) is 1.50. The molecule has 23 heavy (non-hydrogen) atoms. The van der Waals surface area contributed by atoms with Gasteiger partial charge < -0.3 is 10.0 Å². The Labute approximate surface area is 140 Å². The van der Waals surface area contributed by atoms with Crippen molar-refractivity contribution < 1.29 is 9.90 Å². The molecule has 5 heteroatoms. The Morgan fingerprint density at radius 1 is 1.26 bits per heavy atom. The quantitative estimate of drug-likeness (QED) is 0.886. The van der Waals surface area contributed by atoms with Crippen molar-refractivity contribution in [2.24, 2.45) is 0 Å². The van der Waals surface area contributed by atoms with Gasteiger partial charge in [0.15, 0.2) is 0 Å². The first kappa shape index (κ1) is 16.0. The molecule has 0 saturated heterocycles. The van der Waals surface area contributed by atoms with Crippen molar-refractivity contribution in [1.29, 1.82) is 0 Å². The van der Waals surface area contributed by atoms with Crippen molar-refractivity contribution in [3.05, 3.63) is 64.9 Å². The molecular formula is C18H19ClN2O2. The summed E-state index contributed by atoms with van der Waals surface area (Å²) in [6.07, 6.45) is 5.13. The molecule has 0 unspecified atom stereocenters. The fourth-order valence-electron chi connectivity index (χ4n) is 2.91. The molecule has 0 aliphatic heterocycles. The Morgan fingerprint density at radius 3 is 2.57 bits per heavy atom. The summed E-state index contributed by atoms with van der Waals surface area (Å²) in [6.45, 7) is 0.730. The predicted molar refractivity (Wildman–Crippen MR) is 89.1 cm³/mol. The second kappa shape index (κ2) is 6.69. The zero-order valence-electron chi connectivity index (χ0n) is 12.8. The topological polar surface area (TPSA) is 53.4 Å². The van der Waals surface area contributed by atoms with Crippen molar-refractivity contribution in [2.45, 2.75) is 24.8 Å². The van der Waals surface area contributed by atoms with Crippen molar-refractivity contribution in [3.8, 4) is 0 Å². The molecular weight excluding hydrogens is 312 g/mol. The zero-order valence-corrected chi connectivity index (χ0v) is 13.5. The number of carbonyl (C=O) groups excluding carboxylic acids is 1. The Kier molecular flexibility index (Phi) is 4.64. The van der Waals surface area contributed by atoms with Gasteiger partial charge in [-0.05, 0) is 42.2 Å². The molecule has 1 fully saturated rings. The summed E-state index contributed by atoms with van der Waals surface area (Å²) in [6, 6.07) is 11.3. The number of rotatable bonds is 6. The number of aromatic nitrogens is 1. The summed E-state index contributed by atoms with van der Waals surface area (Å²) in [5.74, 6) is 0.0673. The van der Waals surface area contributed by atoms with Crippen LogP contribution in [0.4, 0.5) is 0 Å². The summed E-state index contributed by atoms with van der Waals surface area (Å²) < 4.78 is 0. The number of pyridine rings is 1. The predicted octanol–water partition coefficient (Wildman–Crippen LogP) is 2.79. The van der Waals surface area contributed by atoms with Gasteiger partial charge in [0.05, 0.1) is 12.0 Å². The minimum atomic E-state index is -0.456. The summed E-state index contributed by atoms with van der Waals surface area (Å²) in [7, 11) is 0. The van der Waals surface area contributed by atoms with Gasteiger partial charge in [-0.3, -0.25) is 9.78 Å². The van der Waals surface area contributed by atoms with Gasteiger partial charge >= 0.3 is 0 Å². The van der Waals surface area contributed by atoms with Crippen LogP contribution in [0.2, 0.25) is 5.02 Å². The van der Waals surface area contributed by atoms with Gasteiger partial charge in [-0.25, -0.2) is 0 Å². The molecule has 1 heterocycles. The SMILES string of the molecule is O=C(N(CCO)Cc1cccnc1)C1(c2ccc(Cl)cc2)CC1. The van der Waals surface area contributed by atoms with Crippen LogP contribution in [0, 0.1) is 0 Å². The van der Waals surface area contributed by atoms with Crippen molar-refractivity contribution in [3.63, 3.8) is 0 Å². The van der Waals surface area contributed by atoms with E-state index in [2.05, 4.69) is 4.98 Å². The van der Waals surface area contributed by atoms with E-state index in [9.17, 15) is 9.90 Å². The number of aliphatic hydroxyl groups excluding tert-OH is 1. The standard InChI is InChI=1S/C18H19ClN2O2/c19-16-5-3-15(4-6-16)18(7-8-18)17(23)21(10-11-22)13-14-2-1-9-20-12-14/h1-6,9,12,22H,7-8,10-11,13H2. The largest absolute Gasteiger partial charge is 0.395 e. The van der Waals surface area contributed by atoms with E-state index in [1.165, 1.54) is 0 Å². The lowest BCUT2D eigenvalue weighted by Gasteiger charge is -2.27. The summed E-state index contributed by atoms with van der Waals surface area (Å²) in [4.78, 5) is 18.9. The average molecular weight is 331 g/mol. The summed E-state index contributed by atoms with van der Waals surface area (Å²) >= 11 is 5.95. The highest BCUT2D eigenvalue weighted by Gasteiger charge is 2.52. The first-order valence-corrected chi connectivity index (χ1v) is 8.09. The fraction of sp³-hybridized carbons (Fsp3) is 0.333. The smallest absolute Gasteiger partial charge is 0.233 e. The Morgan fingerprint density at radius 2 is 2.00 bits per heavy atom. The number of halogens is 1. The molecule has 1 amide bonds. The Bertz CT molecular complexity index is 669. The zero-order chi connectivity index (χ0) is 16.3. The first-order chi connectivity index (χ1) is 11.2. The van der Waals surface area contributed by atoms with Gasteiger partial charge in [0.25, 0.3) is 0 Å². The molecule has 1 saturated carbocycles. The molecule has 0 spiro atoms. The molecule has 1 aliphatic rings. The second-order valence-electron chi connectivity index (χ2n) is 5.90. The van der Waals surface area contributed by atoms with E-state index >= 15 is 0 Å². The third-order valence-corrected chi connectivity index (χ3v) is 4.56. The normalized spacial score (nSPS) is 15.2. The molecule has 1 aromatic heterocycles. The van der Waals surface area contributed by atoms with Gasteiger partial charge in [0, 0.05) is 30.5 Å². The maximum atomic E-state index is 13.1. The maximum Gasteiger partial charge on any atom is 0.233 e. The van der Waals surface area contributed by atoms with E-state index in [1.807, 2.05) is 36.4 Å². The van der Waals surface area contributed by atoms with Crippen LogP contribution in [0.15, 0.2) is 48.8 Å². The van der Waals surface area contributed by atoms with Crippen LogP contribution in [0.25, 0.3) is 0 Å². The van der Waals surface area contributed by atoms with Crippen molar-refractivity contribution >= 4 is 17.5 Å². The maximum absolute atomic E-state index is 13.1. The second-order valence-corrected chi connectivity index (χ2v) is 6.34. The number of carbonyl (C=O) groups is 1. The number of aliphatic hydroxyl groups is 1. The third-order valence-electron chi connectivity index (χ3n) is 4.31. The number of hydrogen-bond donors (Lipinski definition) is 1. The van der Waals surface area contributed by atoms with Crippen LogP contribution in [-0.4, -0.2) is 34.0 Å². The molecule has 3 rings (SSSR count). The van der Waals surface area contributed by atoms with Gasteiger partial charge in [0.1, 0.15) is 0 Å². The molecule has 4 nitrogen and oxygen atoms in total. The van der Waals surface area contributed by atoms with E-state index in [0.29, 0.717) is 18.1 Å². The van der Waals surface area contributed by atoms with Crippen LogP contribution in [-0.2, 0) is 16.8 Å². The molecule has 120 valence electrons. The van der Waals surface area contributed by atoms with Gasteiger partial charge in [-0.2, -0.15) is 0 Å². The van der Waals surface area contributed by atoms with E-state index in [-0.39, 0.29) is 12.5 Å². The summed E-state index contributed by atoms with van der Waals surface area (Å²) in [5, 5.41) is 10.00. The third kappa shape index (κ3) is 3.38. The molecule has 0 atom stereocenters. The number of hydrogen-bond acceptors (Lipinski definition) is 3. The van der Waals surface area contributed by atoms with Gasteiger partial charge in [-0.1, -0.05) is 29.8 Å². The lowest BCUT2D eigenvalue weighted by atomic mass is 9.94. The lowest BCUT2D eigenvalue weighted by Crippen LogP contribution is -2.40. The van der Waals surface area contributed by atoms with Crippen molar-refractivity contribution in [1.82, 2.24) is 9.88 Å². The van der Waals surface area contributed by atoms with Crippen LogP contribution < -0.4 is 0 Å². The number of nitrogens with zero attached hydrogens (tertiary/aromatic N) is 2. The lowest BCUT2D eigenvalue weighted by molar-refractivity contribution is -0.135. The monoisotopic (exact) mass is 330 g/mol. The molecule has 1 aromatic carbocycles. The fourth-order valence-corrected chi connectivity index (χ4v) is 3.03. The molecule has 1 N–H and O–H groups in total. The Hall–Kier alpha value is -1.91. The van der Waals surface area contributed by atoms with Gasteiger partial charge in [-0.15, -0.1) is 0 Å². The minimum absolute atomic E-state index is 0.0529. The first-order valence-electron chi connectivity index (χ1n) is 7.71. The van der Waals surface area contributed by atoms with Gasteiger partial charge in [0.2, 0.25) is 5.91 Å². The minimum Gasteiger partial charge on any atom is -0.395 e. The molecule has 1 aliphatic carbocycles. The van der Waals surface area contributed by atoms with E-state index in [1.54, 1.807) is 17.3 Å². The highest BCUT2D eigenvalue weighted by atomic mass is 35.5. The van der Waals surface area contributed by atoms with E-state index in [0.717, 1.165) is 24.0 Å². The van der Waals surface area contributed by atoms with Crippen molar-refractivity contribution in [2.75, 3.05) is 13.2 Å². The molecule has 2 aromatic rings. The van der Waals surface area contributed by atoms with Crippen LogP contribution >= 0.6 is 11.6 Å². The molecule has 0 bridgehead atoms. The van der Waals surface area contributed by atoms with E-state index in [4.69, 9.17) is 11.6 Å². The number of benzene rings is 1. The Balaban J connectivity index is 1.82. The van der Waals surface area contributed by atoms with Crippen LogP contribution in [0.1, 0.15) is 24.0 Å². The molecule has 0 radical (unpaired) electrons. The van der Waals surface area contributed by atoms with E-state index < -0.39 is 5.41 Å². The van der Waals surface area contributed by atoms with Crippen LogP contribution in [0.3, 0.4) is 0 Å². The highest BCUT2D eigenvalue weighted by molar-refractivity contribution is 6.30. The van der Waals surface area contributed by atoms with Crippen LogP contribution in [0.5, 0.6) is 0 Å². The highest BCUT2D eigenvalue weighted by Crippen LogP contribution is 2.49. The average Bonchev–Trinajstić information content (AvgIpc) is 3.37. The number of amides is 1.